The molecular weight excluding hydrogens is 312 g/mol. The summed E-state index contributed by atoms with van der Waals surface area (Å²) in [4.78, 5) is 20.1. The third kappa shape index (κ3) is 3.31. The van der Waals surface area contributed by atoms with E-state index in [0.717, 1.165) is 49.2 Å². The van der Waals surface area contributed by atoms with Gasteiger partial charge in [-0.1, -0.05) is 36.4 Å². The minimum atomic E-state index is -0.0281. The molecule has 1 fully saturated rings. The molecule has 1 saturated heterocycles. The number of fused-ring (bicyclic) bond motifs is 1. The van der Waals surface area contributed by atoms with E-state index in [1.807, 2.05) is 41.4 Å². The van der Waals surface area contributed by atoms with Crippen LogP contribution in [0.1, 0.15) is 6.42 Å². The van der Waals surface area contributed by atoms with Crippen molar-refractivity contribution in [2.24, 2.45) is 0 Å². The largest absolute Gasteiger partial charge is 0.370 e. The second kappa shape index (κ2) is 6.89. The second-order valence-corrected chi connectivity index (χ2v) is 6.34. The van der Waals surface area contributed by atoms with E-state index >= 15 is 0 Å². The Labute approximate surface area is 147 Å². The molecule has 2 amide bonds. The highest BCUT2D eigenvalue weighted by atomic mass is 16.2. The van der Waals surface area contributed by atoms with Gasteiger partial charge in [0.05, 0.1) is 5.69 Å². The number of urea groups is 1. The van der Waals surface area contributed by atoms with Gasteiger partial charge in [0, 0.05) is 49.0 Å². The highest BCUT2D eigenvalue weighted by molar-refractivity contribution is 6.00. The monoisotopic (exact) mass is 334 g/mol. The van der Waals surface area contributed by atoms with Gasteiger partial charge < -0.3 is 20.1 Å². The Bertz CT molecular complexity index is 858. The first-order valence-corrected chi connectivity index (χ1v) is 8.73. The zero-order chi connectivity index (χ0) is 17.1. The lowest BCUT2D eigenvalue weighted by Crippen LogP contribution is -2.38. The number of benzene rings is 2. The molecule has 0 spiro atoms. The van der Waals surface area contributed by atoms with E-state index in [1.54, 1.807) is 0 Å². The Morgan fingerprint density at radius 1 is 0.920 bits per heavy atom. The van der Waals surface area contributed by atoms with E-state index in [-0.39, 0.29) is 6.03 Å². The normalized spacial score (nSPS) is 15.2. The topological polar surface area (TPSA) is 51.4 Å². The molecule has 0 atom stereocenters. The molecule has 3 aromatic rings. The van der Waals surface area contributed by atoms with Crippen molar-refractivity contribution in [1.82, 2.24) is 9.88 Å². The van der Waals surface area contributed by atoms with Gasteiger partial charge in [0.2, 0.25) is 0 Å². The summed E-state index contributed by atoms with van der Waals surface area (Å²) in [5.74, 6) is 0. The number of aromatic amines is 1. The molecule has 4 rings (SSSR count). The van der Waals surface area contributed by atoms with Gasteiger partial charge in [0.25, 0.3) is 0 Å². The number of H-pyrrole nitrogens is 1. The van der Waals surface area contributed by atoms with Crippen molar-refractivity contribution in [3.05, 3.63) is 60.8 Å². The number of hydrogen-bond acceptors (Lipinski definition) is 2. The molecule has 5 heteroatoms. The Morgan fingerprint density at radius 3 is 2.60 bits per heavy atom. The SMILES string of the molecule is O=C(Nc1c[nH]c2ccccc12)N1CCCN(c2ccccc2)CC1. The van der Waals surface area contributed by atoms with Gasteiger partial charge in [-0.15, -0.1) is 0 Å². The summed E-state index contributed by atoms with van der Waals surface area (Å²) < 4.78 is 0. The summed E-state index contributed by atoms with van der Waals surface area (Å²) in [6.07, 6.45) is 2.83. The quantitative estimate of drug-likeness (QED) is 0.746. The van der Waals surface area contributed by atoms with E-state index < -0.39 is 0 Å². The minimum absolute atomic E-state index is 0.0281. The Kier molecular flexibility index (Phi) is 4.29. The lowest BCUT2D eigenvalue weighted by molar-refractivity contribution is 0.215. The first kappa shape index (κ1) is 15.6. The van der Waals surface area contributed by atoms with Crippen LogP contribution in [0.25, 0.3) is 10.9 Å². The average Bonchev–Trinajstić information content (AvgIpc) is 2.90. The average molecular weight is 334 g/mol. The molecule has 1 aromatic heterocycles. The number of carbonyl (C=O) groups is 1. The minimum Gasteiger partial charge on any atom is -0.370 e. The highest BCUT2D eigenvalue weighted by Crippen LogP contribution is 2.23. The fourth-order valence-electron chi connectivity index (χ4n) is 3.39. The van der Waals surface area contributed by atoms with E-state index in [0.29, 0.717) is 0 Å². The van der Waals surface area contributed by atoms with Crippen LogP contribution in [0.4, 0.5) is 16.2 Å². The molecule has 0 aliphatic carbocycles. The summed E-state index contributed by atoms with van der Waals surface area (Å²) in [7, 11) is 0. The molecule has 5 nitrogen and oxygen atoms in total. The summed E-state index contributed by atoms with van der Waals surface area (Å²) >= 11 is 0. The third-order valence-electron chi connectivity index (χ3n) is 4.74. The molecule has 1 aliphatic heterocycles. The van der Waals surface area contributed by atoms with E-state index in [1.165, 1.54) is 5.69 Å². The van der Waals surface area contributed by atoms with Crippen LogP contribution in [0.3, 0.4) is 0 Å². The maximum atomic E-state index is 12.7. The number of rotatable bonds is 2. The van der Waals surface area contributed by atoms with E-state index in [9.17, 15) is 4.79 Å². The highest BCUT2D eigenvalue weighted by Gasteiger charge is 2.20. The molecular formula is C20H22N4O. The number of nitrogens with one attached hydrogen (secondary N) is 2. The number of para-hydroxylation sites is 2. The molecule has 0 bridgehead atoms. The van der Waals surface area contributed by atoms with Crippen molar-refractivity contribution in [3.63, 3.8) is 0 Å². The Hall–Kier alpha value is -2.95. The van der Waals surface area contributed by atoms with Crippen LogP contribution in [0.5, 0.6) is 0 Å². The van der Waals surface area contributed by atoms with Gasteiger partial charge in [0.15, 0.2) is 0 Å². The van der Waals surface area contributed by atoms with Crippen LogP contribution in [-0.2, 0) is 0 Å². The first-order valence-electron chi connectivity index (χ1n) is 8.73. The molecule has 1 aliphatic rings. The predicted octanol–water partition coefficient (Wildman–Crippen LogP) is 3.91. The van der Waals surface area contributed by atoms with Gasteiger partial charge in [0.1, 0.15) is 0 Å². The fraction of sp³-hybridized carbons (Fsp3) is 0.250. The third-order valence-corrected chi connectivity index (χ3v) is 4.74. The summed E-state index contributed by atoms with van der Waals surface area (Å²) in [6, 6.07) is 18.4. The first-order chi connectivity index (χ1) is 12.3. The number of aromatic nitrogens is 1. The van der Waals surface area contributed by atoms with Crippen molar-refractivity contribution in [2.45, 2.75) is 6.42 Å². The summed E-state index contributed by atoms with van der Waals surface area (Å²) in [5.41, 5.74) is 3.09. The van der Waals surface area contributed by atoms with Crippen molar-refractivity contribution >= 4 is 28.3 Å². The number of hydrogen-bond donors (Lipinski definition) is 2. The molecule has 128 valence electrons. The predicted molar refractivity (Wildman–Crippen MR) is 102 cm³/mol. The van der Waals surface area contributed by atoms with Crippen molar-refractivity contribution in [1.29, 1.82) is 0 Å². The zero-order valence-electron chi connectivity index (χ0n) is 14.1. The van der Waals surface area contributed by atoms with E-state index in [4.69, 9.17) is 0 Å². The standard InChI is InChI=1S/C20H22N4O/c25-20(22-19-15-21-18-10-5-4-9-17(18)19)24-12-6-11-23(13-14-24)16-7-2-1-3-8-16/h1-5,7-10,15,21H,6,11-14H2,(H,22,25). The fourth-order valence-corrected chi connectivity index (χ4v) is 3.39. The molecule has 0 unspecified atom stereocenters. The maximum absolute atomic E-state index is 12.7. The van der Waals surface area contributed by atoms with Crippen LogP contribution < -0.4 is 10.2 Å². The Balaban J connectivity index is 1.43. The van der Waals surface area contributed by atoms with Gasteiger partial charge in [-0.25, -0.2) is 4.79 Å². The van der Waals surface area contributed by atoms with Crippen LogP contribution in [0.15, 0.2) is 60.8 Å². The van der Waals surface area contributed by atoms with Crippen molar-refractivity contribution in [2.75, 3.05) is 36.4 Å². The molecule has 2 N–H and O–H groups in total. The van der Waals surface area contributed by atoms with Crippen LogP contribution in [0.2, 0.25) is 0 Å². The zero-order valence-corrected chi connectivity index (χ0v) is 14.1. The van der Waals surface area contributed by atoms with Gasteiger partial charge in [-0.2, -0.15) is 0 Å². The smallest absolute Gasteiger partial charge is 0.321 e. The van der Waals surface area contributed by atoms with Gasteiger partial charge >= 0.3 is 6.03 Å². The van der Waals surface area contributed by atoms with Gasteiger partial charge in [-0.3, -0.25) is 0 Å². The van der Waals surface area contributed by atoms with Crippen LogP contribution in [-0.4, -0.2) is 42.1 Å². The van der Waals surface area contributed by atoms with E-state index in [2.05, 4.69) is 39.5 Å². The lowest BCUT2D eigenvalue weighted by atomic mass is 10.2. The number of amides is 2. The second-order valence-electron chi connectivity index (χ2n) is 6.34. The summed E-state index contributed by atoms with van der Waals surface area (Å²) in [5, 5.41) is 4.09. The molecule has 25 heavy (non-hydrogen) atoms. The molecule has 0 saturated carbocycles. The molecule has 0 radical (unpaired) electrons. The lowest BCUT2D eigenvalue weighted by Gasteiger charge is -2.23. The Morgan fingerprint density at radius 2 is 1.72 bits per heavy atom. The van der Waals surface area contributed by atoms with Crippen molar-refractivity contribution < 1.29 is 4.79 Å². The number of anilines is 2. The van der Waals surface area contributed by atoms with Gasteiger partial charge in [-0.05, 0) is 24.6 Å². The molecule has 2 heterocycles. The van der Waals surface area contributed by atoms with Crippen LogP contribution >= 0.6 is 0 Å². The van der Waals surface area contributed by atoms with Crippen LogP contribution in [0, 0.1) is 0 Å². The maximum Gasteiger partial charge on any atom is 0.321 e. The molecule has 2 aromatic carbocycles. The number of carbonyl (C=O) groups excluding carboxylic acids is 1. The van der Waals surface area contributed by atoms with Crippen molar-refractivity contribution in [3.8, 4) is 0 Å². The number of nitrogens with zero attached hydrogens (tertiary/aromatic N) is 2. The summed E-state index contributed by atoms with van der Waals surface area (Å²) in [6.45, 7) is 3.33.